The maximum Gasteiger partial charge on any atom is 0.0805 e. The van der Waals surface area contributed by atoms with Gasteiger partial charge in [-0.25, -0.2) is 0 Å². The molecule has 0 bridgehead atoms. The van der Waals surface area contributed by atoms with Gasteiger partial charge >= 0.3 is 0 Å². The van der Waals surface area contributed by atoms with E-state index in [2.05, 4.69) is 20.8 Å². The predicted octanol–water partition coefficient (Wildman–Crippen LogP) is 3.21. The molecule has 0 aliphatic heterocycles. The Morgan fingerprint density at radius 1 is 1.14 bits per heavy atom. The van der Waals surface area contributed by atoms with Crippen LogP contribution in [0.5, 0.6) is 0 Å². The summed E-state index contributed by atoms with van der Waals surface area (Å²) < 4.78 is 11.2. The molecule has 0 aliphatic rings. The highest BCUT2D eigenvalue weighted by atomic mass is 16.5. The number of ether oxygens (including phenoxy) is 2. The summed E-state index contributed by atoms with van der Waals surface area (Å²) in [6.45, 7) is 10.5. The first-order chi connectivity index (χ1) is 6.85. The molecule has 0 aromatic rings. The summed E-state index contributed by atoms with van der Waals surface area (Å²) in [6.07, 6.45) is 5.66. The van der Waals surface area contributed by atoms with Crippen LogP contribution < -0.4 is 0 Å². The summed E-state index contributed by atoms with van der Waals surface area (Å²) in [7, 11) is 0. The lowest BCUT2D eigenvalue weighted by Crippen LogP contribution is -2.20. The fraction of sp³-hybridized carbons (Fsp3) is 0.917. The van der Waals surface area contributed by atoms with Crippen LogP contribution in [0.15, 0.2) is 0 Å². The average molecular weight is 201 g/mol. The van der Waals surface area contributed by atoms with Crippen molar-refractivity contribution in [2.75, 3.05) is 19.8 Å². The molecule has 1 radical (unpaired) electrons. The standard InChI is InChI=1S/C12H25O2/c1-4-7-9-13-11-12(6-3)14-10-8-5-2/h12H,1,4-11H2,2-3H3. The largest absolute Gasteiger partial charge is 0.379 e. The van der Waals surface area contributed by atoms with Crippen LogP contribution >= 0.6 is 0 Å². The molecule has 0 aliphatic carbocycles. The summed E-state index contributed by atoms with van der Waals surface area (Å²) in [5, 5.41) is 0. The molecule has 85 valence electrons. The zero-order valence-electron chi connectivity index (χ0n) is 9.76. The number of rotatable bonds is 10. The van der Waals surface area contributed by atoms with E-state index in [0.717, 1.165) is 45.5 Å². The number of hydrogen-bond donors (Lipinski definition) is 0. The molecule has 2 heteroatoms. The minimum absolute atomic E-state index is 0.284. The van der Waals surface area contributed by atoms with Gasteiger partial charge in [0.2, 0.25) is 0 Å². The summed E-state index contributed by atoms with van der Waals surface area (Å²) in [6, 6.07) is 0. The summed E-state index contributed by atoms with van der Waals surface area (Å²) in [5.41, 5.74) is 0. The Bertz CT molecular complexity index is 104. The molecule has 2 nitrogen and oxygen atoms in total. The quantitative estimate of drug-likeness (QED) is 0.505. The highest BCUT2D eigenvalue weighted by Crippen LogP contribution is 2.01. The molecule has 0 aromatic carbocycles. The first kappa shape index (κ1) is 13.9. The fourth-order valence-electron chi connectivity index (χ4n) is 1.10. The van der Waals surface area contributed by atoms with Crippen molar-refractivity contribution in [1.29, 1.82) is 0 Å². The minimum Gasteiger partial charge on any atom is -0.379 e. The number of unbranched alkanes of at least 4 members (excludes halogenated alkanes) is 2. The van der Waals surface area contributed by atoms with Gasteiger partial charge in [0.25, 0.3) is 0 Å². The van der Waals surface area contributed by atoms with E-state index >= 15 is 0 Å². The van der Waals surface area contributed by atoms with Crippen LogP contribution in [-0.2, 0) is 9.47 Å². The second kappa shape index (κ2) is 11.0. The molecular weight excluding hydrogens is 176 g/mol. The molecule has 0 saturated carbocycles. The Labute approximate surface area is 89.0 Å². The normalized spacial score (nSPS) is 13.1. The fourth-order valence-corrected chi connectivity index (χ4v) is 1.10. The Morgan fingerprint density at radius 3 is 2.50 bits per heavy atom. The summed E-state index contributed by atoms with van der Waals surface area (Å²) >= 11 is 0. The van der Waals surface area contributed by atoms with E-state index in [1.54, 1.807) is 0 Å². The highest BCUT2D eigenvalue weighted by molar-refractivity contribution is 4.53. The smallest absolute Gasteiger partial charge is 0.0805 e. The van der Waals surface area contributed by atoms with Crippen LogP contribution in [0.4, 0.5) is 0 Å². The van der Waals surface area contributed by atoms with Crippen LogP contribution in [0.1, 0.15) is 46.0 Å². The van der Waals surface area contributed by atoms with E-state index in [4.69, 9.17) is 9.47 Å². The molecule has 14 heavy (non-hydrogen) atoms. The van der Waals surface area contributed by atoms with Gasteiger partial charge in [-0.2, -0.15) is 0 Å². The highest BCUT2D eigenvalue weighted by Gasteiger charge is 2.05. The predicted molar refractivity (Wildman–Crippen MR) is 60.3 cm³/mol. The molecule has 0 fully saturated rings. The van der Waals surface area contributed by atoms with Crippen molar-refractivity contribution in [3.8, 4) is 0 Å². The molecule has 0 spiro atoms. The molecule has 0 rings (SSSR count). The molecule has 0 heterocycles. The third-order valence-corrected chi connectivity index (χ3v) is 2.15. The molecule has 0 saturated heterocycles. The number of hydrogen-bond acceptors (Lipinski definition) is 2. The molecule has 1 unspecified atom stereocenters. The van der Waals surface area contributed by atoms with Gasteiger partial charge in [-0.15, -0.1) is 0 Å². The van der Waals surface area contributed by atoms with E-state index in [1.165, 1.54) is 6.42 Å². The van der Waals surface area contributed by atoms with Crippen molar-refractivity contribution in [2.24, 2.45) is 0 Å². The molecule has 1 atom stereocenters. The maximum absolute atomic E-state index is 5.67. The lowest BCUT2D eigenvalue weighted by atomic mass is 10.3. The first-order valence-electron chi connectivity index (χ1n) is 5.83. The van der Waals surface area contributed by atoms with E-state index in [1.807, 2.05) is 0 Å². The van der Waals surface area contributed by atoms with Gasteiger partial charge in [-0.05, 0) is 19.3 Å². The van der Waals surface area contributed by atoms with E-state index in [0.29, 0.717) is 0 Å². The van der Waals surface area contributed by atoms with Crippen molar-refractivity contribution >= 4 is 0 Å². The Hall–Kier alpha value is -0.0800. The maximum atomic E-state index is 5.67. The topological polar surface area (TPSA) is 18.5 Å². The van der Waals surface area contributed by atoms with Crippen molar-refractivity contribution in [2.45, 2.75) is 52.1 Å². The van der Waals surface area contributed by atoms with Gasteiger partial charge in [0, 0.05) is 13.2 Å². The molecule has 0 aromatic heterocycles. The van der Waals surface area contributed by atoms with Crippen LogP contribution in [0, 0.1) is 6.92 Å². The van der Waals surface area contributed by atoms with E-state index < -0.39 is 0 Å². The summed E-state index contributed by atoms with van der Waals surface area (Å²) in [5.74, 6) is 0. The third-order valence-electron chi connectivity index (χ3n) is 2.15. The lowest BCUT2D eigenvalue weighted by Gasteiger charge is -2.15. The van der Waals surface area contributed by atoms with Crippen LogP contribution in [0.2, 0.25) is 0 Å². The SMILES string of the molecule is [CH2]CCCOCC(CC)OCCCC. The van der Waals surface area contributed by atoms with Crippen LogP contribution in [0.25, 0.3) is 0 Å². The van der Waals surface area contributed by atoms with Gasteiger partial charge in [-0.3, -0.25) is 0 Å². The molecule has 0 amide bonds. The van der Waals surface area contributed by atoms with Crippen molar-refractivity contribution in [3.63, 3.8) is 0 Å². The van der Waals surface area contributed by atoms with E-state index in [-0.39, 0.29) is 6.10 Å². The third kappa shape index (κ3) is 8.52. The zero-order chi connectivity index (χ0) is 10.6. The lowest BCUT2D eigenvalue weighted by molar-refractivity contribution is -0.0193. The Kier molecular flexibility index (Phi) is 10.9. The average Bonchev–Trinajstić information content (AvgIpc) is 2.22. The monoisotopic (exact) mass is 201 g/mol. The minimum atomic E-state index is 0.284. The second-order valence-corrected chi connectivity index (χ2v) is 3.54. The zero-order valence-corrected chi connectivity index (χ0v) is 9.76. The Balaban J connectivity index is 3.28. The van der Waals surface area contributed by atoms with Gasteiger partial charge in [0.05, 0.1) is 12.7 Å². The van der Waals surface area contributed by atoms with Gasteiger partial charge in [0.1, 0.15) is 0 Å². The Morgan fingerprint density at radius 2 is 1.93 bits per heavy atom. The van der Waals surface area contributed by atoms with Crippen molar-refractivity contribution in [1.82, 2.24) is 0 Å². The van der Waals surface area contributed by atoms with Crippen molar-refractivity contribution < 1.29 is 9.47 Å². The molecular formula is C12H25O2. The van der Waals surface area contributed by atoms with Crippen LogP contribution in [-0.4, -0.2) is 25.9 Å². The summed E-state index contributed by atoms with van der Waals surface area (Å²) in [4.78, 5) is 0. The van der Waals surface area contributed by atoms with Crippen LogP contribution in [0.3, 0.4) is 0 Å². The van der Waals surface area contributed by atoms with Gasteiger partial charge in [0.15, 0.2) is 0 Å². The van der Waals surface area contributed by atoms with E-state index in [9.17, 15) is 0 Å². The second-order valence-electron chi connectivity index (χ2n) is 3.54. The van der Waals surface area contributed by atoms with Gasteiger partial charge in [-0.1, -0.05) is 33.6 Å². The molecule has 0 N–H and O–H groups in total. The first-order valence-corrected chi connectivity index (χ1v) is 5.83. The van der Waals surface area contributed by atoms with Gasteiger partial charge < -0.3 is 9.47 Å². The van der Waals surface area contributed by atoms with Crippen molar-refractivity contribution in [3.05, 3.63) is 6.92 Å².